The number of hydrogen-bond acceptors (Lipinski definition) is 5. The molecule has 0 fully saturated rings. The Balaban J connectivity index is 1.95. The van der Waals surface area contributed by atoms with Gasteiger partial charge in [0.15, 0.2) is 0 Å². The molecule has 11 heteroatoms. The van der Waals surface area contributed by atoms with Crippen LogP contribution in [0.5, 0.6) is 0 Å². The summed E-state index contributed by atoms with van der Waals surface area (Å²) in [5.41, 5.74) is 0.797. The third-order valence-corrected chi connectivity index (χ3v) is 5.63. The van der Waals surface area contributed by atoms with E-state index in [0.717, 1.165) is 4.90 Å². The number of halogens is 1. The van der Waals surface area contributed by atoms with E-state index >= 15 is 0 Å². The predicted molar refractivity (Wildman–Crippen MR) is 113 cm³/mol. The molecule has 0 heterocycles. The first-order valence-electron chi connectivity index (χ1n) is 9.18. The van der Waals surface area contributed by atoms with Crippen LogP contribution in [0.4, 0.5) is 15.8 Å². The van der Waals surface area contributed by atoms with E-state index in [0.29, 0.717) is 11.4 Å². The van der Waals surface area contributed by atoms with Gasteiger partial charge in [-0.15, -0.1) is 0 Å². The number of benzene rings is 2. The van der Waals surface area contributed by atoms with Crippen molar-refractivity contribution in [1.29, 1.82) is 0 Å². The van der Waals surface area contributed by atoms with E-state index < -0.39 is 33.7 Å². The monoisotopic (exact) mass is 450 g/mol. The van der Waals surface area contributed by atoms with E-state index in [1.54, 1.807) is 0 Å². The van der Waals surface area contributed by atoms with Crippen LogP contribution in [0.2, 0.25) is 0 Å². The number of carbonyl (C=O) groups is 3. The lowest BCUT2D eigenvalue weighted by Gasteiger charge is -2.21. The molecule has 0 radical (unpaired) electrons. The highest BCUT2D eigenvalue weighted by molar-refractivity contribution is 7.89. The normalized spacial score (nSPS) is 12.0. The molecule has 2 aromatic carbocycles. The molecule has 0 bridgehead atoms. The molecule has 0 aromatic heterocycles. The van der Waals surface area contributed by atoms with Gasteiger partial charge in [0.25, 0.3) is 0 Å². The first-order valence-corrected chi connectivity index (χ1v) is 10.7. The first-order chi connectivity index (χ1) is 14.5. The smallest absolute Gasteiger partial charge is 0.243 e. The van der Waals surface area contributed by atoms with Gasteiger partial charge in [0.1, 0.15) is 5.82 Å². The number of hydrogen-bond donors (Lipinski definition) is 3. The zero-order chi connectivity index (χ0) is 23.2. The molecular weight excluding hydrogens is 427 g/mol. The molecule has 31 heavy (non-hydrogen) atoms. The fourth-order valence-electron chi connectivity index (χ4n) is 2.63. The summed E-state index contributed by atoms with van der Waals surface area (Å²) in [6.45, 7) is 2.36. The van der Waals surface area contributed by atoms with Crippen molar-refractivity contribution in [2.45, 2.75) is 24.8 Å². The van der Waals surface area contributed by atoms with Crippen molar-refractivity contribution in [2.75, 3.05) is 24.2 Å². The van der Waals surface area contributed by atoms with Crippen LogP contribution in [0.1, 0.15) is 13.8 Å². The Morgan fingerprint density at radius 2 is 1.48 bits per heavy atom. The van der Waals surface area contributed by atoms with Gasteiger partial charge in [0.2, 0.25) is 27.7 Å². The highest BCUT2D eigenvalue weighted by atomic mass is 32.2. The standard InChI is InChI=1S/C20H23FN4O5S/c1-13(24-31(29,30)18-10-8-16(9-11-18)22-14(2)26)20(28)25(3)12-19(27)23-17-6-4-15(21)5-7-17/h4-11,13,24H,12H2,1-3H3,(H,22,26)(H,23,27). The van der Waals surface area contributed by atoms with Gasteiger partial charge in [-0.1, -0.05) is 0 Å². The maximum Gasteiger partial charge on any atom is 0.243 e. The van der Waals surface area contributed by atoms with Crippen LogP contribution in [-0.2, 0) is 24.4 Å². The Morgan fingerprint density at radius 1 is 0.968 bits per heavy atom. The van der Waals surface area contributed by atoms with Gasteiger partial charge in [-0.25, -0.2) is 12.8 Å². The largest absolute Gasteiger partial charge is 0.335 e. The summed E-state index contributed by atoms with van der Waals surface area (Å²) in [7, 11) is -2.65. The lowest BCUT2D eigenvalue weighted by atomic mass is 10.3. The van der Waals surface area contributed by atoms with Crippen molar-refractivity contribution in [2.24, 2.45) is 0 Å². The molecule has 166 valence electrons. The molecular formula is C20H23FN4O5S. The Hall–Kier alpha value is -3.31. The zero-order valence-electron chi connectivity index (χ0n) is 17.2. The summed E-state index contributed by atoms with van der Waals surface area (Å²) in [4.78, 5) is 36.6. The van der Waals surface area contributed by atoms with E-state index in [1.807, 2.05) is 0 Å². The van der Waals surface area contributed by atoms with Crippen molar-refractivity contribution in [3.63, 3.8) is 0 Å². The average molecular weight is 450 g/mol. The van der Waals surface area contributed by atoms with Crippen molar-refractivity contribution >= 4 is 39.1 Å². The lowest BCUT2D eigenvalue weighted by molar-refractivity contribution is -0.134. The molecule has 0 aliphatic carbocycles. The fraction of sp³-hybridized carbons (Fsp3) is 0.250. The summed E-state index contributed by atoms with van der Waals surface area (Å²) < 4.78 is 40.2. The van der Waals surface area contributed by atoms with Gasteiger partial charge >= 0.3 is 0 Å². The van der Waals surface area contributed by atoms with Crippen LogP contribution in [0, 0.1) is 5.82 Å². The molecule has 3 amide bonds. The predicted octanol–water partition coefficient (Wildman–Crippen LogP) is 1.55. The topological polar surface area (TPSA) is 125 Å². The van der Waals surface area contributed by atoms with Crippen molar-refractivity contribution in [3.8, 4) is 0 Å². The number of nitrogens with zero attached hydrogens (tertiary/aromatic N) is 1. The van der Waals surface area contributed by atoms with E-state index in [2.05, 4.69) is 15.4 Å². The van der Waals surface area contributed by atoms with E-state index in [9.17, 15) is 27.2 Å². The number of likely N-dealkylation sites (N-methyl/N-ethyl adjacent to an activating group) is 1. The number of amides is 3. The first kappa shape index (κ1) is 24.0. The minimum absolute atomic E-state index is 0.0852. The molecule has 2 aromatic rings. The Morgan fingerprint density at radius 3 is 2.03 bits per heavy atom. The maximum atomic E-state index is 12.9. The molecule has 0 spiro atoms. The molecule has 0 saturated carbocycles. The molecule has 2 rings (SSSR count). The van der Waals surface area contributed by atoms with Crippen LogP contribution in [0.25, 0.3) is 0 Å². The summed E-state index contributed by atoms with van der Waals surface area (Å²) in [5.74, 6) is -1.88. The maximum absolute atomic E-state index is 12.9. The van der Waals surface area contributed by atoms with Crippen LogP contribution >= 0.6 is 0 Å². The molecule has 1 atom stereocenters. The summed E-state index contributed by atoms with van der Waals surface area (Å²) in [6, 6.07) is 9.43. The number of rotatable bonds is 8. The highest BCUT2D eigenvalue weighted by Crippen LogP contribution is 2.15. The van der Waals surface area contributed by atoms with Gasteiger partial charge in [-0.05, 0) is 55.5 Å². The van der Waals surface area contributed by atoms with Crippen LogP contribution in [0.3, 0.4) is 0 Å². The Kier molecular flexibility index (Phi) is 7.83. The van der Waals surface area contributed by atoms with Crippen LogP contribution < -0.4 is 15.4 Å². The molecule has 9 nitrogen and oxygen atoms in total. The quantitative estimate of drug-likeness (QED) is 0.563. The van der Waals surface area contributed by atoms with Gasteiger partial charge in [0, 0.05) is 25.3 Å². The second-order valence-corrected chi connectivity index (χ2v) is 8.51. The minimum atomic E-state index is -4.01. The van der Waals surface area contributed by atoms with E-state index in [1.165, 1.54) is 69.4 Å². The second-order valence-electron chi connectivity index (χ2n) is 6.80. The molecule has 0 saturated heterocycles. The van der Waals surface area contributed by atoms with E-state index in [-0.39, 0.29) is 17.3 Å². The van der Waals surface area contributed by atoms with Gasteiger partial charge in [-0.2, -0.15) is 4.72 Å². The summed E-state index contributed by atoms with van der Waals surface area (Å²) in [5, 5.41) is 5.04. The summed E-state index contributed by atoms with van der Waals surface area (Å²) in [6.07, 6.45) is 0. The third-order valence-electron chi connectivity index (χ3n) is 4.07. The third kappa shape index (κ3) is 7.15. The van der Waals surface area contributed by atoms with Crippen molar-refractivity contribution in [1.82, 2.24) is 9.62 Å². The number of carbonyl (C=O) groups excluding carboxylic acids is 3. The number of anilines is 2. The van der Waals surface area contributed by atoms with Crippen molar-refractivity contribution in [3.05, 3.63) is 54.3 Å². The summed E-state index contributed by atoms with van der Waals surface area (Å²) >= 11 is 0. The van der Waals surface area contributed by atoms with Crippen LogP contribution in [-0.4, -0.2) is 50.7 Å². The van der Waals surface area contributed by atoms with Gasteiger partial charge in [0.05, 0.1) is 17.5 Å². The Bertz CT molecular complexity index is 1060. The van der Waals surface area contributed by atoms with Crippen LogP contribution in [0.15, 0.2) is 53.4 Å². The van der Waals surface area contributed by atoms with Crippen molar-refractivity contribution < 1.29 is 27.2 Å². The van der Waals surface area contributed by atoms with Gasteiger partial charge < -0.3 is 15.5 Å². The molecule has 3 N–H and O–H groups in total. The molecule has 1 unspecified atom stereocenters. The van der Waals surface area contributed by atoms with Gasteiger partial charge in [-0.3, -0.25) is 14.4 Å². The minimum Gasteiger partial charge on any atom is -0.335 e. The second kappa shape index (κ2) is 10.1. The fourth-order valence-corrected chi connectivity index (χ4v) is 3.83. The lowest BCUT2D eigenvalue weighted by Crippen LogP contribution is -2.47. The highest BCUT2D eigenvalue weighted by Gasteiger charge is 2.25. The zero-order valence-corrected chi connectivity index (χ0v) is 18.0. The average Bonchev–Trinajstić information content (AvgIpc) is 2.68. The number of nitrogens with one attached hydrogen (secondary N) is 3. The Labute approximate surface area is 179 Å². The van der Waals surface area contributed by atoms with E-state index in [4.69, 9.17) is 0 Å². The molecule has 0 aliphatic rings. The number of sulfonamides is 1. The SMILES string of the molecule is CC(=O)Nc1ccc(S(=O)(=O)NC(C)C(=O)N(C)CC(=O)Nc2ccc(F)cc2)cc1. The molecule has 0 aliphatic heterocycles.